The number of nitrogens with zero attached hydrogens (tertiary/aromatic N) is 2. The summed E-state index contributed by atoms with van der Waals surface area (Å²) in [5, 5.41) is 1.57. The number of hydrogen-bond donors (Lipinski definition) is 2. The lowest BCUT2D eigenvalue weighted by molar-refractivity contribution is 0.243. The molecule has 1 aromatic rings. The number of aromatic nitrogens is 1. The molecule has 15 heavy (non-hydrogen) atoms. The van der Waals surface area contributed by atoms with E-state index >= 15 is 0 Å². The molecular weight excluding hydrogens is 192 g/mol. The topological polar surface area (TPSA) is 81.3 Å². The van der Waals surface area contributed by atoms with E-state index in [-0.39, 0.29) is 6.04 Å². The maximum atomic E-state index is 5.83. The molecule has 4 N–H and O–H groups in total. The smallest absolute Gasteiger partial charge is 0.243 e. The minimum Gasteiger partial charge on any atom is -0.443 e. The molecule has 0 saturated carbocycles. The molecule has 0 aliphatic rings. The van der Waals surface area contributed by atoms with Gasteiger partial charge in [-0.2, -0.15) is 0 Å². The number of hydrazine groups is 1. The highest BCUT2D eigenvalue weighted by Crippen LogP contribution is 2.10. The number of nitrogens with two attached hydrogens (primary N) is 2. The standard InChI is InChI=1S/C10H18N4O/c1-7(2)8(3)14(12)6-9(11)10-13-4-5-15-10/h4-8H,11-12H2,1-3H3/b9-6-. The largest absolute Gasteiger partial charge is 0.443 e. The van der Waals surface area contributed by atoms with Gasteiger partial charge in [0.15, 0.2) is 0 Å². The van der Waals surface area contributed by atoms with E-state index in [1.807, 2.05) is 6.92 Å². The van der Waals surface area contributed by atoms with E-state index in [1.54, 1.807) is 17.4 Å². The zero-order valence-corrected chi connectivity index (χ0v) is 9.34. The maximum Gasteiger partial charge on any atom is 0.243 e. The Morgan fingerprint density at radius 2 is 2.20 bits per heavy atom. The van der Waals surface area contributed by atoms with Crippen LogP contribution in [-0.2, 0) is 0 Å². The second kappa shape index (κ2) is 4.84. The molecule has 0 amide bonds. The van der Waals surface area contributed by atoms with Crippen molar-refractivity contribution in [2.24, 2.45) is 17.5 Å². The van der Waals surface area contributed by atoms with Crippen LogP contribution in [0.5, 0.6) is 0 Å². The highest BCUT2D eigenvalue weighted by atomic mass is 16.3. The Morgan fingerprint density at radius 3 is 2.67 bits per heavy atom. The lowest BCUT2D eigenvalue weighted by Gasteiger charge is -2.25. The first kappa shape index (κ1) is 11.6. The van der Waals surface area contributed by atoms with Crippen LogP contribution in [0.15, 0.2) is 23.1 Å². The first-order valence-electron chi connectivity index (χ1n) is 4.92. The van der Waals surface area contributed by atoms with Crippen LogP contribution in [0.2, 0.25) is 0 Å². The van der Waals surface area contributed by atoms with E-state index in [2.05, 4.69) is 18.8 Å². The van der Waals surface area contributed by atoms with Crippen LogP contribution in [0.3, 0.4) is 0 Å². The monoisotopic (exact) mass is 210 g/mol. The molecule has 1 atom stereocenters. The van der Waals surface area contributed by atoms with E-state index in [1.165, 1.54) is 6.26 Å². The molecule has 1 aromatic heterocycles. The quantitative estimate of drug-likeness (QED) is 0.575. The predicted molar refractivity (Wildman–Crippen MR) is 59.0 cm³/mol. The molecule has 84 valence electrons. The van der Waals surface area contributed by atoms with Gasteiger partial charge >= 0.3 is 0 Å². The van der Waals surface area contributed by atoms with Gasteiger partial charge in [0.05, 0.1) is 6.20 Å². The van der Waals surface area contributed by atoms with Crippen molar-refractivity contribution < 1.29 is 4.42 Å². The van der Waals surface area contributed by atoms with Crippen LogP contribution < -0.4 is 11.6 Å². The molecule has 5 nitrogen and oxygen atoms in total. The van der Waals surface area contributed by atoms with Crippen LogP contribution in [0.1, 0.15) is 26.7 Å². The number of hydrogen-bond acceptors (Lipinski definition) is 5. The van der Waals surface area contributed by atoms with Crippen molar-refractivity contribution in [2.75, 3.05) is 0 Å². The minimum atomic E-state index is 0.207. The van der Waals surface area contributed by atoms with E-state index in [0.29, 0.717) is 17.5 Å². The van der Waals surface area contributed by atoms with E-state index < -0.39 is 0 Å². The lowest BCUT2D eigenvalue weighted by atomic mass is 10.1. The van der Waals surface area contributed by atoms with Crippen molar-refractivity contribution in [3.63, 3.8) is 0 Å². The van der Waals surface area contributed by atoms with Gasteiger partial charge in [0.25, 0.3) is 0 Å². The molecule has 0 fully saturated rings. The SMILES string of the molecule is CC(C)C(C)N(N)/C=C(\N)c1ncco1. The zero-order chi connectivity index (χ0) is 11.4. The summed E-state index contributed by atoms with van der Waals surface area (Å²) < 4.78 is 5.05. The molecule has 1 unspecified atom stereocenters. The summed E-state index contributed by atoms with van der Waals surface area (Å²) in [5.74, 6) is 6.67. The molecule has 0 aromatic carbocycles. The summed E-state index contributed by atoms with van der Waals surface area (Å²) in [6.45, 7) is 6.23. The summed E-state index contributed by atoms with van der Waals surface area (Å²) in [6.07, 6.45) is 4.65. The lowest BCUT2D eigenvalue weighted by Crippen LogP contribution is -2.38. The Kier molecular flexibility index (Phi) is 3.74. The van der Waals surface area contributed by atoms with Crippen molar-refractivity contribution in [2.45, 2.75) is 26.8 Å². The molecule has 0 aliphatic carbocycles. The fourth-order valence-electron chi connectivity index (χ4n) is 1.04. The normalized spacial score (nSPS) is 14.3. The van der Waals surface area contributed by atoms with Crippen LogP contribution >= 0.6 is 0 Å². The highest BCUT2D eigenvalue weighted by Gasteiger charge is 2.12. The Bertz CT molecular complexity index is 318. The second-order valence-corrected chi connectivity index (χ2v) is 3.85. The van der Waals surface area contributed by atoms with E-state index in [9.17, 15) is 0 Å². The Morgan fingerprint density at radius 1 is 1.53 bits per heavy atom. The van der Waals surface area contributed by atoms with Gasteiger partial charge in [-0.3, -0.25) is 0 Å². The van der Waals surface area contributed by atoms with Gasteiger partial charge in [-0.15, -0.1) is 0 Å². The van der Waals surface area contributed by atoms with Gasteiger partial charge in [0.2, 0.25) is 5.89 Å². The van der Waals surface area contributed by atoms with Crippen LogP contribution in [0, 0.1) is 5.92 Å². The predicted octanol–water partition coefficient (Wildman–Crippen LogP) is 1.15. The fraction of sp³-hybridized carbons (Fsp3) is 0.500. The molecule has 0 radical (unpaired) electrons. The van der Waals surface area contributed by atoms with Crippen molar-refractivity contribution in [1.29, 1.82) is 0 Å². The van der Waals surface area contributed by atoms with Gasteiger partial charge in [-0.25, -0.2) is 10.8 Å². The molecular formula is C10H18N4O. The van der Waals surface area contributed by atoms with Crippen LogP contribution in [-0.4, -0.2) is 16.0 Å². The molecule has 0 saturated heterocycles. The minimum absolute atomic E-state index is 0.207. The molecule has 1 rings (SSSR count). The molecule has 0 aliphatic heterocycles. The zero-order valence-electron chi connectivity index (χ0n) is 9.34. The van der Waals surface area contributed by atoms with Crippen LogP contribution in [0.4, 0.5) is 0 Å². The van der Waals surface area contributed by atoms with E-state index in [0.717, 1.165) is 0 Å². The Labute approximate surface area is 89.7 Å². The molecule has 1 heterocycles. The second-order valence-electron chi connectivity index (χ2n) is 3.85. The van der Waals surface area contributed by atoms with Crippen molar-refractivity contribution in [3.8, 4) is 0 Å². The first-order valence-corrected chi connectivity index (χ1v) is 4.92. The average molecular weight is 210 g/mol. The average Bonchev–Trinajstić information content (AvgIpc) is 2.68. The number of oxazole rings is 1. The summed E-state index contributed by atoms with van der Waals surface area (Å²) in [7, 11) is 0. The maximum absolute atomic E-state index is 5.83. The van der Waals surface area contributed by atoms with Gasteiger partial charge in [-0.05, 0) is 12.8 Å². The third kappa shape index (κ3) is 2.99. The molecule has 0 bridgehead atoms. The van der Waals surface area contributed by atoms with E-state index in [4.69, 9.17) is 16.0 Å². The summed E-state index contributed by atoms with van der Waals surface area (Å²) in [5.41, 5.74) is 6.19. The van der Waals surface area contributed by atoms with Crippen molar-refractivity contribution in [3.05, 3.63) is 24.6 Å². The summed E-state index contributed by atoms with van der Waals surface area (Å²) in [4.78, 5) is 3.93. The summed E-state index contributed by atoms with van der Waals surface area (Å²) >= 11 is 0. The number of rotatable bonds is 4. The highest BCUT2D eigenvalue weighted by molar-refractivity contribution is 5.53. The Balaban J connectivity index is 2.71. The van der Waals surface area contributed by atoms with Crippen molar-refractivity contribution in [1.82, 2.24) is 9.99 Å². The Hall–Kier alpha value is -1.49. The third-order valence-corrected chi connectivity index (χ3v) is 2.40. The van der Waals surface area contributed by atoms with Crippen molar-refractivity contribution >= 4 is 5.70 Å². The van der Waals surface area contributed by atoms with Crippen LogP contribution in [0.25, 0.3) is 5.70 Å². The summed E-state index contributed by atoms with van der Waals surface area (Å²) in [6, 6.07) is 0.207. The van der Waals surface area contributed by atoms with Gasteiger partial charge < -0.3 is 15.2 Å². The molecule has 0 spiro atoms. The van der Waals surface area contributed by atoms with Gasteiger partial charge in [-0.1, -0.05) is 13.8 Å². The fourth-order valence-corrected chi connectivity index (χ4v) is 1.04. The third-order valence-electron chi connectivity index (χ3n) is 2.40. The first-order chi connectivity index (χ1) is 7.02. The van der Waals surface area contributed by atoms with Gasteiger partial charge in [0, 0.05) is 12.2 Å². The molecule has 5 heteroatoms. The van der Waals surface area contributed by atoms with Gasteiger partial charge in [0.1, 0.15) is 12.0 Å².